The van der Waals surface area contributed by atoms with Crippen LogP contribution in [0.2, 0.25) is 0 Å². The molecule has 0 fully saturated rings. The number of hydrogen-bond acceptors (Lipinski definition) is 5. The van der Waals surface area contributed by atoms with E-state index in [0.717, 1.165) is 12.0 Å². The third kappa shape index (κ3) is 6.43. The van der Waals surface area contributed by atoms with Crippen molar-refractivity contribution in [1.82, 2.24) is 10.6 Å². The molecule has 186 valence electrons. The molecule has 2 aromatic rings. The summed E-state index contributed by atoms with van der Waals surface area (Å²) >= 11 is 0. The van der Waals surface area contributed by atoms with Crippen LogP contribution in [-0.4, -0.2) is 39.2 Å². The SMILES string of the molecule is CC[C@H](C)c1ccc([C@@H](NC(=O)[C@H](C)NC(=O)c2cc(OC)c(OC)c(OC)c2)C(C)C)cc1. The number of methoxy groups -OCH3 is 3. The van der Waals surface area contributed by atoms with E-state index in [1.807, 2.05) is 0 Å². The van der Waals surface area contributed by atoms with Gasteiger partial charge in [0, 0.05) is 5.56 Å². The lowest BCUT2D eigenvalue weighted by Crippen LogP contribution is -2.46. The molecule has 0 unspecified atom stereocenters. The van der Waals surface area contributed by atoms with Gasteiger partial charge in [0.1, 0.15) is 6.04 Å². The van der Waals surface area contributed by atoms with Crippen molar-refractivity contribution in [3.05, 3.63) is 53.1 Å². The number of carbonyl (C=O) groups excluding carboxylic acids is 2. The molecular formula is C27H38N2O5. The minimum Gasteiger partial charge on any atom is -0.493 e. The van der Waals surface area contributed by atoms with Gasteiger partial charge in [-0.3, -0.25) is 9.59 Å². The van der Waals surface area contributed by atoms with Gasteiger partial charge in [0.05, 0.1) is 27.4 Å². The first-order valence-corrected chi connectivity index (χ1v) is 11.7. The third-order valence-corrected chi connectivity index (χ3v) is 6.11. The van der Waals surface area contributed by atoms with E-state index in [2.05, 4.69) is 62.6 Å². The molecule has 2 amide bonds. The van der Waals surface area contributed by atoms with Gasteiger partial charge in [-0.25, -0.2) is 0 Å². The van der Waals surface area contributed by atoms with Crippen LogP contribution in [0, 0.1) is 5.92 Å². The quantitative estimate of drug-likeness (QED) is 0.490. The fraction of sp³-hybridized carbons (Fsp3) is 0.481. The van der Waals surface area contributed by atoms with Crippen molar-refractivity contribution >= 4 is 11.8 Å². The second kappa shape index (κ2) is 12.3. The van der Waals surface area contributed by atoms with Gasteiger partial charge in [0.2, 0.25) is 11.7 Å². The molecule has 0 aliphatic carbocycles. The third-order valence-electron chi connectivity index (χ3n) is 6.11. The van der Waals surface area contributed by atoms with E-state index < -0.39 is 11.9 Å². The smallest absolute Gasteiger partial charge is 0.252 e. The first-order valence-electron chi connectivity index (χ1n) is 11.7. The normalized spacial score (nSPS) is 13.6. The highest BCUT2D eigenvalue weighted by molar-refractivity contribution is 5.98. The zero-order valence-electron chi connectivity index (χ0n) is 21.5. The van der Waals surface area contributed by atoms with Crippen molar-refractivity contribution in [2.75, 3.05) is 21.3 Å². The molecule has 2 aromatic carbocycles. The summed E-state index contributed by atoms with van der Waals surface area (Å²) in [5.41, 5.74) is 2.62. The highest BCUT2D eigenvalue weighted by Crippen LogP contribution is 2.38. The molecule has 0 aliphatic heterocycles. The van der Waals surface area contributed by atoms with Gasteiger partial charge in [-0.1, -0.05) is 52.0 Å². The maximum absolute atomic E-state index is 13.0. The van der Waals surface area contributed by atoms with E-state index in [-0.39, 0.29) is 17.9 Å². The van der Waals surface area contributed by atoms with Crippen LogP contribution in [0.3, 0.4) is 0 Å². The Balaban J connectivity index is 2.14. The molecule has 34 heavy (non-hydrogen) atoms. The van der Waals surface area contributed by atoms with E-state index in [0.29, 0.717) is 28.7 Å². The molecule has 0 saturated carbocycles. The molecular weight excluding hydrogens is 432 g/mol. The Morgan fingerprint density at radius 1 is 0.824 bits per heavy atom. The summed E-state index contributed by atoms with van der Waals surface area (Å²) in [7, 11) is 4.46. The summed E-state index contributed by atoms with van der Waals surface area (Å²) in [5, 5.41) is 5.85. The van der Waals surface area contributed by atoms with Crippen molar-refractivity contribution in [2.24, 2.45) is 5.92 Å². The highest BCUT2D eigenvalue weighted by Gasteiger charge is 2.24. The van der Waals surface area contributed by atoms with Gasteiger partial charge in [-0.15, -0.1) is 0 Å². The molecule has 7 nitrogen and oxygen atoms in total. The van der Waals surface area contributed by atoms with Crippen molar-refractivity contribution in [1.29, 1.82) is 0 Å². The Morgan fingerprint density at radius 2 is 1.35 bits per heavy atom. The largest absolute Gasteiger partial charge is 0.493 e. The summed E-state index contributed by atoms with van der Waals surface area (Å²) in [5.74, 6) is 1.12. The number of nitrogens with one attached hydrogen (secondary N) is 2. The Bertz CT molecular complexity index is 946. The molecule has 0 aromatic heterocycles. The zero-order chi connectivity index (χ0) is 25.4. The van der Waals surface area contributed by atoms with Crippen LogP contribution in [-0.2, 0) is 4.79 Å². The maximum Gasteiger partial charge on any atom is 0.252 e. The number of benzene rings is 2. The van der Waals surface area contributed by atoms with Gasteiger partial charge in [0.25, 0.3) is 5.91 Å². The fourth-order valence-electron chi connectivity index (χ4n) is 3.74. The van der Waals surface area contributed by atoms with Crippen LogP contribution >= 0.6 is 0 Å². The van der Waals surface area contributed by atoms with Crippen LogP contribution in [0.1, 0.15) is 74.5 Å². The zero-order valence-corrected chi connectivity index (χ0v) is 21.5. The number of rotatable bonds is 11. The average molecular weight is 471 g/mol. The highest BCUT2D eigenvalue weighted by atomic mass is 16.5. The molecule has 0 saturated heterocycles. The number of hydrogen-bond donors (Lipinski definition) is 2. The second-order valence-electron chi connectivity index (χ2n) is 8.82. The van der Waals surface area contributed by atoms with E-state index in [1.54, 1.807) is 19.1 Å². The number of carbonyl (C=O) groups is 2. The Kier molecular flexibility index (Phi) is 9.78. The molecule has 0 heterocycles. The van der Waals surface area contributed by atoms with E-state index >= 15 is 0 Å². The van der Waals surface area contributed by atoms with Crippen LogP contribution in [0.4, 0.5) is 0 Å². The molecule has 0 spiro atoms. The molecule has 3 atom stereocenters. The van der Waals surface area contributed by atoms with E-state index in [1.165, 1.54) is 26.9 Å². The Morgan fingerprint density at radius 3 is 1.79 bits per heavy atom. The predicted molar refractivity (Wildman–Crippen MR) is 134 cm³/mol. The lowest BCUT2D eigenvalue weighted by molar-refractivity contribution is -0.123. The Labute approximate surface area is 203 Å². The minimum atomic E-state index is -0.743. The van der Waals surface area contributed by atoms with Gasteiger partial charge in [-0.05, 0) is 48.4 Å². The average Bonchev–Trinajstić information content (AvgIpc) is 2.85. The molecule has 0 bridgehead atoms. The second-order valence-corrected chi connectivity index (χ2v) is 8.82. The summed E-state index contributed by atoms with van der Waals surface area (Å²) in [6.45, 7) is 10.2. The van der Waals surface area contributed by atoms with Crippen LogP contribution < -0.4 is 24.8 Å². The first-order chi connectivity index (χ1) is 16.2. The summed E-state index contributed by atoms with van der Waals surface area (Å²) in [6, 6.07) is 10.6. The molecule has 2 N–H and O–H groups in total. The number of amides is 2. The van der Waals surface area contributed by atoms with E-state index in [9.17, 15) is 9.59 Å². The summed E-state index contributed by atoms with van der Waals surface area (Å²) < 4.78 is 15.9. The molecule has 0 radical (unpaired) electrons. The monoisotopic (exact) mass is 470 g/mol. The standard InChI is InChI=1S/C27H38N2O5/c1-9-17(4)19-10-12-20(13-11-19)24(16(2)3)29-26(30)18(5)28-27(31)21-14-22(32-6)25(34-8)23(15-21)33-7/h10-18,24H,9H2,1-8H3,(H,28,31)(H,29,30)/t17-,18-,24-/m0/s1. The van der Waals surface area contributed by atoms with E-state index in [4.69, 9.17) is 14.2 Å². The van der Waals surface area contributed by atoms with Crippen LogP contribution in [0.15, 0.2) is 36.4 Å². The maximum atomic E-state index is 13.0. The van der Waals surface area contributed by atoms with Crippen LogP contribution in [0.5, 0.6) is 17.2 Å². The van der Waals surface area contributed by atoms with Crippen LogP contribution in [0.25, 0.3) is 0 Å². The minimum absolute atomic E-state index is 0.168. The number of ether oxygens (including phenoxy) is 3. The molecule has 7 heteroatoms. The van der Waals surface area contributed by atoms with Gasteiger partial charge in [0.15, 0.2) is 11.5 Å². The van der Waals surface area contributed by atoms with Gasteiger partial charge < -0.3 is 24.8 Å². The topological polar surface area (TPSA) is 85.9 Å². The van der Waals surface area contributed by atoms with Gasteiger partial charge >= 0.3 is 0 Å². The van der Waals surface area contributed by atoms with Crippen molar-refractivity contribution in [3.63, 3.8) is 0 Å². The molecule has 2 rings (SSSR count). The molecule has 0 aliphatic rings. The van der Waals surface area contributed by atoms with Crippen molar-refractivity contribution in [3.8, 4) is 17.2 Å². The van der Waals surface area contributed by atoms with Gasteiger partial charge in [-0.2, -0.15) is 0 Å². The van der Waals surface area contributed by atoms with Crippen molar-refractivity contribution < 1.29 is 23.8 Å². The van der Waals surface area contributed by atoms with Crippen molar-refractivity contribution in [2.45, 2.75) is 59.0 Å². The first kappa shape index (κ1) is 27.0. The summed E-state index contributed by atoms with van der Waals surface area (Å²) in [6.07, 6.45) is 1.08. The Hall–Kier alpha value is -3.22. The lowest BCUT2D eigenvalue weighted by atomic mass is 9.92. The predicted octanol–water partition coefficient (Wildman–Crippen LogP) is 4.86. The summed E-state index contributed by atoms with van der Waals surface area (Å²) in [4.78, 5) is 25.8. The lowest BCUT2D eigenvalue weighted by Gasteiger charge is -2.25. The fourth-order valence-corrected chi connectivity index (χ4v) is 3.74.